The molecule has 0 saturated heterocycles. The maximum absolute atomic E-state index is 11.2. The zero-order chi connectivity index (χ0) is 13.8. The molecule has 0 aliphatic carbocycles. The Bertz CT molecular complexity index is 561. The standard InChI is InChI=1S/C11H15N5O3/c1-3-4-9-10(16(17)18)11(15(2)14-9)12-7-8-5-6-13-19-8/h5-6,12H,3-4,7H2,1-2H3. The second-order valence-electron chi connectivity index (χ2n) is 4.11. The van der Waals surface area contributed by atoms with Crippen molar-refractivity contribution in [1.29, 1.82) is 0 Å². The minimum Gasteiger partial charge on any atom is -0.360 e. The largest absolute Gasteiger partial charge is 0.360 e. The van der Waals surface area contributed by atoms with E-state index in [0.29, 0.717) is 30.2 Å². The van der Waals surface area contributed by atoms with Crippen molar-refractivity contribution < 1.29 is 9.45 Å². The van der Waals surface area contributed by atoms with Crippen LogP contribution in [-0.2, 0) is 20.0 Å². The van der Waals surface area contributed by atoms with Gasteiger partial charge in [0.2, 0.25) is 5.82 Å². The van der Waals surface area contributed by atoms with Gasteiger partial charge in [0.05, 0.1) is 17.7 Å². The summed E-state index contributed by atoms with van der Waals surface area (Å²) in [5.41, 5.74) is 0.527. The summed E-state index contributed by atoms with van der Waals surface area (Å²) in [6, 6.07) is 1.70. The zero-order valence-electron chi connectivity index (χ0n) is 10.8. The molecule has 0 aliphatic rings. The van der Waals surface area contributed by atoms with Crippen molar-refractivity contribution in [2.24, 2.45) is 7.05 Å². The lowest BCUT2D eigenvalue weighted by atomic mass is 10.2. The molecule has 0 amide bonds. The quantitative estimate of drug-likeness (QED) is 0.632. The molecule has 0 bridgehead atoms. The number of aryl methyl sites for hydroxylation is 2. The molecular formula is C11H15N5O3. The third kappa shape index (κ3) is 2.72. The molecule has 0 aromatic carbocycles. The molecule has 0 unspecified atom stereocenters. The fraction of sp³-hybridized carbons (Fsp3) is 0.455. The molecule has 2 aromatic rings. The normalized spacial score (nSPS) is 10.6. The number of nitrogens with one attached hydrogen (secondary N) is 1. The van der Waals surface area contributed by atoms with Crippen LogP contribution in [0, 0.1) is 10.1 Å². The SMILES string of the molecule is CCCc1nn(C)c(NCc2ccno2)c1[N+](=O)[O-]. The Labute approximate surface area is 109 Å². The van der Waals surface area contributed by atoms with Gasteiger partial charge in [0.1, 0.15) is 5.69 Å². The van der Waals surface area contributed by atoms with Gasteiger partial charge in [0.15, 0.2) is 5.76 Å². The summed E-state index contributed by atoms with van der Waals surface area (Å²) in [6.07, 6.45) is 2.91. The van der Waals surface area contributed by atoms with Gasteiger partial charge in [-0.2, -0.15) is 5.10 Å². The van der Waals surface area contributed by atoms with E-state index in [4.69, 9.17) is 4.52 Å². The van der Waals surface area contributed by atoms with Crippen LogP contribution in [0.4, 0.5) is 11.5 Å². The lowest BCUT2D eigenvalue weighted by molar-refractivity contribution is -0.384. The van der Waals surface area contributed by atoms with Crippen molar-refractivity contribution in [3.05, 3.63) is 33.8 Å². The molecule has 0 radical (unpaired) electrons. The summed E-state index contributed by atoms with van der Waals surface area (Å²) in [5, 5.41) is 21.9. The van der Waals surface area contributed by atoms with Crippen molar-refractivity contribution in [3.8, 4) is 0 Å². The van der Waals surface area contributed by atoms with Gasteiger partial charge in [0, 0.05) is 13.1 Å². The molecule has 0 aliphatic heterocycles. The highest BCUT2D eigenvalue weighted by Crippen LogP contribution is 2.29. The average Bonchev–Trinajstić information content (AvgIpc) is 2.95. The minimum atomic E-state index is -0.402. The van der Waals surface area contributed by atoms with Crippen LogP contribution >= 0.6 is 0 Å². The van der Waals surface area contributed by atoms with Crippen molar-refractivity contribution in [3.63, 3.8) is 0 Å². The first-order chi connectivity index (χ1) is 9.13. The van der Waals surface area contributed by atoms with E-state index in [1.54, 1.807) is 13.1 Å². The molecule has 8 heteroatoms. The Balaban J connectivity index is 2.25. The lowest BCUT2D eigenvalue weighted by Gasteiger charge is -2.03. The summed E-state index contributed by atoms with van der Waals surface area (Å²) in [4.78, 5) is 10.8. The summed E-state index contributed by atoms with van der Waals surface area (Å²) >= 11 is 0. The molecule has 19 heavy (non-hydrogen) atoms. The Morgan fingerprint density at radius 3 is 2.95 bits per heavy atom. The third-order valence-corrected chi connectivity index (χ3v) is 2.68. The number of anilines is 1. The fourth-order valence-electron chi connectivity index (χ4n) is 1.87. The average molecular weight is 265 g/mol. The van der Waals surface area contributed by atoms with E-state index in [1.165, 1.54) is 10.9 Å². The predicted molar refractivity (Wildman–Crippen MR) is 67.7 cm³/mol. The van der Waals surface area contributed by atoms with E-state index in [1.807, 2.05) is 6.92 Å². The van der Waals surface area contributed by atoms with Crippen LogP contribution < -0.4 is 5.32 Å². The van der Waals surface area contributed by atoms with Crippen LogP contribution in [0.2, 0.25) is 0 Å². The monoisotopic (exact) mass is 265 g/mol. The topological polar surface area (TPSA) is 99.0 Å². The molecule has 2 heterocycles. The summed E-state index contributed by atoms with van der Waals surface area (Å²) in [6.45, 7) is 2.28. The second-order valence-corrected chi connectivity index (χ2v) is 4.11. The second kappa shape index (κ2) is 5.51. The Morgan fingerprint density at radius 2 is 2.37 bits per heavy atom. The van der Waals surface area contributed by atoms with Crippen LogP contribution in [-0.4, -0.2) is 19.9 Å². The van der Waals surface area contributed by atoms with Crippen LogP contribution in [0.3, 0.4) is 0 Å². The van der Waals surface area contributed by atoms with Gasteiger partial charge in [-0.15, -0.1) is 0 Å². The van der Waals surface area contributed by atoms with Crippen molar-refractivity contribution in [2.75, 3.05) is 5.32 Å². The smallest absolute Gasteiger partial charge is 0.334 e. The molecular weight excluding hydrogens is 250 g/mol. The van der Waals surface area contributed by atoms with Gasteiger partial charge in [0.25, 0.3) is 0 Å². The maximum Gasteiger partial charge on any atom is 0.334 e. The van der Waals surface area contributed by atoms with E-state index < -0.39 is 4.92 Å². The molecule has 0 spiro atoms. The molecule has 2 rings (SSSR count). The highest BCUT2D eigenvalue weighted by molar-refractivity contribution is 5.59. The molecule has 1 N–H and O–H groups in total. The van der Waals surface area contributed by atoms with Crippen LogP contribution in [0.1, 0.15) is 24.8 Å². The summed E-state index contributed by atoms with van der Waals surface area (Å²) in [5.74, 6) is 0.984. The molecule has 102 valence electrons. The Kier molecular flexibility index (Phi) is 3.79. The Hall–Kier alpha value is -2.38. The van der Waals surface area contributed by atoms with Crippen LogP contribution in [0.25, 0.3) is 0 Å². The number of rotatable bonds is 6. The minimum absolute atomic E-state index is 0.0314. The summed E-state index contributed by atoms with van der Waals surface area (Å²) < 4.78 is 6.42. The highest BCUT2D eigenvalue weighted by Gasteiger charge is 2.25. The molecule has 0 saturated carbocycles. The van der Waals surface area contributed by atoms with E-state index >= 15 is 0 Å². The third-order valence-electron chi connectivity index (χ3n) is 2.68. The first-order valence-electron chi connectivity index (χ1n) is 5.97. The highest BCUT2D eigenvalue weighted by atomic mass is 16.6. The number of hydrogen-bond acceptors (Lipinski definition) is 6. The maximum atomic E-state index is 11.2. The van der Waals surface area contributed by atoms with Gasteiger partial charge in [-0.3, -0.25) is 10.1 Å². The fourth-order valence-corrected chi connectivity index (χ4v) is 1.87. The van der Waals surface area contributed by atoms with Gasteiger partial charge in [-0.25, -0.2) is 4.68 Å². The molecule has 8 nitrogen and oxygen atoms in total. The zero-order valence-corrected chi connectivity index (χ0v) is 10.8. The molecule has 0 atom stereocenters. The van der Waals surface area contributed by atoms with E-state index in [2.05, 4.69) is 15.6 Å². The van der Waals surface area contributed by atoms with Gasteiger partial charge < -0.3 is 9.84 Å². The summed E-state index contributed by atoms with van der Waals surface area (Å²) in [7, 11) is 1.68. The number of nitrogens with zero attached hydrogens (tertiary/aromatic N) is 4. The molecule has 0 fully saturated rings. The van der Waals surface area contributed by atoms with E-state index in [9.17, 15) is 10.1 Å². The van der Waals surface area contributed by atoms with Crippen LogP contribution in [0.5, 0.6) is 0 Å². The van der Waals surface area contributed by atoms with Gasteiger partial charge in [-0.05, 0) is 6.42 Å². The number of nitro groups is 1. The first kappa shape index (κ1) is 13.1. The first-order valence-corrected chi connectivity index (χ1v) is 5.97. The van der Waals surface area contributed by atoms with Crippen molar-refractivity contribution in [1.82, 2.24) is 14.9 Å². The number of hydrogen-bond donors (Lipinski definition) is 1. The van der Waals surface area contributed by atoms with Crippen molar-refractivity contribution >= 4 is 11.5 Å². The number of aromatic nitrogens is 3. The Morgan fingerprint density at radius 1 is 1.58 bits per heavy atom. The van der Waals surface area contributed by atoms with Crippen LogP contribution in [0.15, 0.2) is 16.8 Å². The van der Waals surface area contributed by atoms with E-state index in [0.717, 1.165) is 6.42 Å². The van der Waals surface area contributed by atoms with Gasteiger partial charge in [-0.1, -0.05) is 18.5 Å². The van der Waals surface area contributed by atoms with Gasteiger partial charge >= 0.3 is 5.69 Å². The molecule has 2 aromatic heterocycles. The lowest BCUT2D eigenvalue weighted by Crippen LogP contribution is -2.05. The van der Waals surface area contributed by atoms with E-state index in [-0.39, 0.29) is 5.69 Å². The van der Waals surface area contributed by atoms with Crippen molar-refractivity contribution in [2.45, 2.75) is 26.3 Å². The predicted octanol–water partition coefficient (Wildman–Crippen LogP) is 1.88.